The van der Waals surface area contributed by atoms with E-state index in [2.05, 4.69) is 5.32 Å². The van der Waals surface area contributed by atoms with Gasteiger partial charge in [0.25, 0.3) is 0 Å². The van der Waals surface area contributed by atoms with Crippen LogP contribution in [0, 0.1) is 5.92 Å². The second-order valence-electron chi connectivity index (χ2n) is 5.41. The molecule has 0 aromatic carbocycles. The van der Waals surface area contributed by atoms with Gasteiger partial charge in [0, 0.05) is 13.2 Å². The second-order valence-corrected chi connectivity index (χ2v) is 5.41. The molecule has 1 aliphatic heterocycles. The van der Waals surface area contributed by atoms with Gasteiger partial charge in [-0.2, -0.15) is 0 Å². The Morgan fingerprint density at radius 1 is 1.29 bits per heavy atom. The number of rotatable bonds is 4. The third-order valence-corrected chi connectivity index (χ3v) is 4.10. The van der Waals surface area contributed by atoms with Crippen LogP contribution < -0.4 is 5.32 Å². The highest BCUT2D eigenvalue weighted by atomic mass is 16.5. The van der Waals surface area contributed by atoms with Gasteiger partial charge in [0.15, 0.2) is 0 Å². The van der Waals surface area contributed by atoms with Crippen LogP contribution in [-0.4, -0.2) is 36.4 Å². The zero-order valence-corrected chi connectivity index (χ0v) is 10.4. The Morgan fingerprint density at radius 3 is 2.65 bits per heavy atom. The van der Waals surface area contributed by atoms with E-state index >= 15 is 0 Å². The lowest BCUT2D eigenvalue weighted by molar-refractivity contribution is -0.146. The molecule has 0 bridgehead atoms. The Morgan fingerprint density at radius 2 is 2.06 bits per heavy atom. The van der Waals surface area contributed by atoms with Crippen molar-refractivity contribution in [2.24, 2.45) is 5.92 Å². The van der Waals surface area contributed by atoms with Crippen molar-refractivity contribution >= 4 is 5.97 Å². The van der Waals surface area contributed by atoms with Crippen molar-refractivity contribution in [2.75, 3.05) is 19.8 Å². The molecule has 2 rings (SSSR count). The van der Waals surface area contributed by atoms with Crippen LogP contribution in [0.15, 0.2) is 0 Å². The third-order valence-electron chi connectivity index (χ3n) is 4.10. The minimum absolute atomic E-state index is 0.488. The van der Waals surface area contributed by atoms with Gasteiger partial charge in [0.05, 0.1) is 6.61 Å². The Hall–Kier alpha value is -0.610. The topological polar surface area (TPSA) is 58.6 Å². The molecule has 1 unspecified atom stereocenters. The molecule has 0 radical (unpaired) electrons. The summed E-state index contributed by atoms with van der Waals surface area (Å²) in [5.41, 5.74) is -0.657. The maximum Gasteiger partial charge on any atom is 0.323 e. The number of hydrogen-bond acceptors (Lipinski definition) is 3. The first kappa shape index (κ1) is 12.8. The highest BCUT2D eigenvalue weighted by molar-refractivity contribution is 5.78. The smallest absolute Gasteiger partial charge is 0.323 e. The molecule has 0 aromatic heterocycles. The minimum Gasteiger partial charge on any atom is -0.480 e. The van der Waals surface area contributed by atoms with E-state index < -0.39 is 11.5 Å². The number of nitrogens with one attached hydrogen (secondary N) is 1. The van der Waals surface area contributed by atoms with Crippen LogP contribution in [0.25, 0.3) is 0 Å². The molecular formula is C13H23NO3. The van der Waals surface area contributed by atoms with Crippen LogP contribution in [0.5, 0.6) is 0 Å². The van der Waals surface area contributed by atoms with Crippen LogP contribution >= 0.6 is 0 Å². The number of carboxylic acid groups (broad SMARTS) is 1. The summed E-state index contributed by atoms with van der Waals surface area (Å²) in [6, 6.07) is 0. The maximum absolute atomic E-state index is 11.5. The highest BCUT2D eigenvalue weighted by Crippen LogP contribution is 2.29. The lowest BCUT2D eigenvalue weighted by Gasteiger charge is -2.36. The fraction of sp³-hybridized carbons (Fsp3) is 0.923. The largest absolute Gasteiger partial charge is 0.480 e. The Bertz CT molecular complexity index is 255. The van der Waals surface area contributed by atoms with E-state index in [1.807, 2.05) is 0 Å². The van der Waals surface area contributed by atoms with Crippen LogP contribution in [0.2, 0.25) is 0 Å². The van der Waals surface area contributed by atoms with Crippen LogP contribution in [0.3, 0.4) is 0 Å². The Kier molecular flexibility index (Phi) is 4.40. The first-order valence-electron chi connectivity index (χ1n) is 6.79. The molecule has 1 atom stereocenters. The van der Waals surface area contributed by atoms with Crippen LogP contribution in [0.4, 0.5) is 0 Å². The van der Waals surface area contributed by atoms with E-state index in [0.29, 0.717) is 5.92 Å². The number of aliphatic carboxylic acids is 1. The SMILES string of the molecule is O=C(O)C1(NCC2CCCOC2)CCCCC1. The molecule has 4 heteroatoms. The van der Waals surface area contributed by atoms with Gasteiger partial charge in [-0.25, -0.2) is 0 Å². The molecule has 2 fully saturated rings. The van der Waals surface area contributed by atoms with Gasteiger partial charge < -0.3 is 15.2 Å². The summed E-state index contributed by atoms with van der Waals surface area (Å²) < 4.78 is 5.43. The highest BCUT2D eigenvalue weighted by Gasteiger charge is 2.39. The number of carbonyl (C=O) groups is 1. The van der Waals surface area contributed by atoms with Crippen molar-refractivity contribution in [2.45, 2.75) is 50.5 Å². The van der Waals surface area contributed by atoms with Gasteiger partial charge in [0.1, 0.15) is 5.54 Å². The molecule has 4 nitrogen and oxygen atoms in total. The maximum atomic E-state index is 11.5. The number of ether oxygens (including phenoxy) is 1. The average molecular weight is 241 g/mol. The molecule has 98 valence electrons. The van der Waals surface area contributed by atoms with E-state index in [0.717, 1.165) is 58.3 Å². The predicted molar refractivity (Wildman–Crippen MR) is 65.0 cm³/mol. The summed E-state index contributed by atoms with van der Waals surface area (Å²) in [6.07, 6.45) is 7.03. The second kappa shape index (κ2) is 5.83. The molecule has 17 heavy (non-hydrogen) atoms. The first-order valence-corrected chi connectivity index (χ1v) is 6.79. The van der Waals surface area contributed by atoms with Crippen LogP contribution in [0.1, 0.15) is 44.9 Å². The average Bonchev–Trinajstić information content (AvgIpc) is 2.38. The summed E-state index contributed by atoms with van der Waals surface area (Å²) in [4.78, 5) is 11.5. The number of hydrogen-bond donors (Lipinski definition) is 2. The molecule has 1 heterocycles. The van der Waals surface area contributed by atoms with Gasteiger partial charge >= 0.3 is 5.97 Å². The van der Waals surface area contributed by atoms with E-state index in [-0.39, 0.29) is 0 Å². The monoisotopic (exact) mass is 241 g/mol. The standard InChI is InChI=1S/C13H23NO3/c15-12(16)13(6-2-1-3-7-13)14-9-11-5-4-8-17-10-11/h11,14H,1-10H2,(H,15,16). The van der Waals surface area contributed by atoms with E-state index in [1.54, 1.807) is 0 Å². The first-order chi connectivity index (χ1) is 8.23. The van der Waals surface area contributed by atoms with Crippen molar-refractivity contribution in [1.29, 1.82) is 0 Å². The van der Waals surface area contributed by atoms with Gasteiger partial charge in [-0.15, -0.1) is 0 Å². The molecular weight excluding hydrogens is 218 g/mol. The molecule has 1 saturated carbocycles. The molecule has 0 aromatic rings. The number of carboxylic acids is 1. The summed E-state index contributed by atoms with van der Waals surface area (Å²) in [5.74, 6) is -0.184. The molecule has 1 aliphatic carbocycles. The van der Waals surface area contributed by atoms with Gasteiger partial charge in [-0.3, -0.25) is 4.79 Å². The quantitative estimate of drug-likeness (QED) is 0.788. The van der Waals surface area contributed by atoms with Crippen molar-refractivity contribution < 1.29 is 14.6 Å². The predicted octanol–water partition coefficient (Wildman–Crippen LogP) is 1.79. The molecule has 2 aliphatic rings. The third kappa shape index (κ3) is 3.19. The van der Waals surface area contributed by atoms with Crippen molar-refractivity contribution in [3.63, 3.8) is 0 Å². The minimum atomic E-state index is -0.672. The molecule has 1 saturated heterocycles. The molecule has 0 spiro atoms. The van der Waals surface area contributed by atoms with E-state index in [1.165, 1.54) is 6.42 Å². The summed E-state index contributed by atoms with van der Waals surface area (Å²) in [5, 5.41) is 12.7. The zero-order valence-electron chi connectivity index (χ0n) is 10.4. The van der Waals surface area contributed by atoms with Gasteiger partial charge in [-0.1, -0.05) is 19.3 Å². The summed E-state index contributed by atoms with van der Waals surface area (Å²) in [7, 11) is 0. The zero-order chi connectivity index (χ0) is 12.1. The Balaban J connectivity index is 1.86. The van der Waals surface area contributed by atoms with E-state index in [9.17, 15) is 9.90 Å². The van der Waals surface area contributed by atoms with Gasteiger partial charge in [-0.05, 0) is 31.6 Å². The van der Waals surface area contributed by atoms with Crippen molar-refractivity contribution in [3.8, 4) is 0 Å². The fourth-order valence-electron chi connectivity index (χ4n) is 2.93. The van der Waals surface area contributed by atoms with Crippen LogP contribution in [-0.2, 0) is 9.53 Å². The normalized spacial score (nSPS) is 28.8. The van der Waals surface area contributed by atoms with Crippen molar-refractivity contribution in [1.82, 2.24) is 5.32 Å². The lowest BCUT2D eigenvalue weighted by atomic mass is 9.81. The van der Waals surface area contributed by atoms with E-state index in [4.69, 9.17) is 4.74 Å². The Labute approximate surface area is 103 Å². The molecule has 2 N–H and O–H groups in total. The van der Waals surface area contributed by atoms with Gasteiger partial charge in [0.2, 0.25) is 0 Å². The van der Waals surface area contributed by atoms with Crippen molar-refractivity contribution in [3.05, 3.63) is 0 Å². The summed E-state index contributed by atoms with van der Waals surface area (Å²) >= 11 is 0. The summed E-state index contributed by atoms with van der Waals surface area (Å²) in [6.45, 7) is 2.43. The molecule has 0 amide bonds. The lowest BCUT2D eigenvalue weighted by Crippen LogP contribution is -2.55. The fourth-order valence-corrected chi connectivity index (χ4v) is 2.93.